The first kappa shape index (κ1) is 17.3. The van der Waals surface area contributed by atoms with Gasteiger partial charge >= 0.3 is 0 Å². The number of likely N-dealkylation sites (tertiary alicyclic amines) is 1. The number of rotatable bonds is 4. The topological polar surface area (TPSA) is 80.4 Å². The molecule has 1 aliphatic rings. The molecule has 8 heteroatoms. The molecule has 1 atom stereocenters. The van der Waals surface area contributed by atoms with Gasteiger partial charge in [0.2, 0.25) is 5.91 Å². The number of amides is 1. The van der Waals surface area contributed by atoms with Gasteiger partial charge in [0.15, 0.2) is 5.82 Å². The van der Waals surface area contributed by atoms with E-state index < -0.39 is 0 Å². The van der Waals surface area contributed by atoms with Crippen molar-refractivity contribution in [2.45, 2.75) is 25.3 Å². The number of anilines is 1. The Morgan fingerprint density at radius 3 is 2.96 bits per heavy atom. The number of fused-ring (bicyclic) bond motifs is 1. The van der Waals surface area contributed by atoms with E-state index in [1.807, 2.05) is 34.9 Å². The molecule has 0 unspecified atom stereocenters. The molecule has 3 aromatic heterocycles. The average Bonchev–Trinajstić information content (AvgIpc) is 3.26. The molecule has 140 valence electrons. The van der Waals surface area contributed by atoms with Gasteiger partial charge in [0, 0.05) is 37.9 Å². The molecule has 1 saturated heterocycles. The van der Waals surface area contributed by atoms with Crippen LogP contribution in [0, 0.1) is 0 Å². The van der Waals surface area contributed by atoms with E-state index in [2.05, 4.69) is 22.1 Å². The zero-order valence-electron chi connectivity index (χ0n) is 15.4. The summed E-state index contributed by atoms with van der Waals surface area (Å²) in [6.45, 7) is 5.08. The van der Waals surface area contributed by atoms with E-state index in [0.717, 1.165) is 54.9 Å². The van der Waals surface area contributed by atoms with Gasteiger partial charge < -0.3 is 10.2 Å². The second-order valence-electron chi connectivity index (χ2n) is 6.84. The molecule has 0 spiro atoms. The second-order valence-corrected chi connectivity index (χ2v) is 6.84. The van der Waals surface area contributed by atoms with Crippen molar-refractivity contribution in [2.75, 3.05) is 18.4 Å². The smallest absolute Gasteiger partial charge is 0.245 e. The Morgan fingerprint density at radius 2 is 2.19 bits per heavy atom. The first-order valence-corrected chi connectivity index (χ1v) is 9.15. The third-order valence-corrected chi connectivity index (χ3v) is 4.95. The predicted molar refractivity (Wildman–Crippen MR) is 103 cm³/mol. The number of hydrogen-bond donors (Lipinski definition) is 1. The van der Waals surface area contributed by atoms with Crippen LogP contribution in [0.4, 0.5) is 5.82 Å². The summed E-state index contributed by atoms with van der Waals surface area (Å²) in [5.41, 5.74) is 2.70. The van der Waals surface area contributed by atoms with Crippen LogP contribution in [-0.4, -0.2) is 54.3 Å². The minimum Gasteiger partial charge on any atom is -0.365 e. The van der Waals surface area contributed by atoms with Crippen molar-refractivity contribution < 1.29 is 4.79 Å². The molecule has 4 rings (SSSR count). The van der Waals surface area contributed by atoms with Crippen molar-refractivity contribution in [1.82, 2.24) is 29.3 Å². The zero-order chi connectivity index (χ0) is 18.8. The Balaban J connectivity index is 1.59. The van der Waals surface area contributed by atoms with Gasteiger partial charge in [-0.1, -0.05) is 6.58 Å². The van der Waals surface area contributed by atoms with Gasteiger partial charge in [-0.05, 0) is 31.4 Å². The van der Waals surface area contributed by atoms with E-state index in [1.54, 1.807) is 17.1 Å². The second kappa shape index (κ2) is 7.22. The van der Waals surface area contributed by atoms with Crippen molar-refractivity contribution in [3.63, 3.8) is 0 Å². The molecule has 8 nitrogen and oxygen atoms in total. The van der Waals surface area contributed by atoms with Crippen LogP contribution in [0.3, 0.4) is 0 Å². The molecule has 0 saturated carbocycles. The van der Waals surface area contributed by atoms with Gasteiger partial charge in [-0.25, -0.2) is 9.50 Å². The first-order valence-electron chi connectivity index (χ1n) is 9.15. The van der Waals surface area contributed by atoms with Crippen LogP contribution in [-0.2, 0) is 11.8 Å². The molecule has 1 fully saturated rings. The molecule has 3 aromatic rings. The van der Waals surface area contributed by atoms with Gasteiger partial charge in [-0.2, -0.15) is 10.2 Å². The lowest BCUT2D eigenvalue weighted by Crippen LogP contribution is -2.31. The van der Waals surface area contributed by atoms with Crippen LogP contribution >= 0.6 is 0 Å². The Labute approximate surface area is 157 Å². The monoisotopic (exact) mass is 365 g/mol. The lowest BCUT2D eigenvalue weighted by molar-refractivity contribution is -0.125. The number of aryl methyl sites for hydroxylation is 1. The van der Waals surface area contributed by atoms with E-state index >= 15 is 0 Å². The lowest BCUT2D eigenvalue weighted by atomic mass is 10.1. The van der Waals surface area contributed by atoms with E-state index in [1.165, 1.54) is 6.08 Å². The largest absolute Gasteiger partial charge is 0.365 e. The summed E-state index contributed by atoms with van der Waals surface area (Å²) in [4.78, 5) is 18.6. The van der Waals surface area contributed by atoms with E-state index in [-0.39, 0.29) is 11.9 Å². The summed E-state index contributed by atoms with van der Waals surface area (Å²) in [7, 11) is 1.89. The number of carbonyl (C=O) groups excluding carboxylic acids is 1. The minimum absolute atomic E-state index is 0.00512. The maximum atomic E-state index is 11.9. The molecule has 4 heterocycles. The standard InChI is InChI=1S/C19H23N7O/c1-3-18(27)25-9-4-5-15(7-10-25)22-19-17-6-8-20-26(17)13-16(23-19)14-11-21-24(2)12-14/h3,6,8,11-13,15H,1,4-5,7,9-10H2,2H3,(H,22,23)/t15-/m1/s1. The predicted octanol–water partition coefficient (Wildman–Crippen LogP) is 2.11. The van der Waals surface area contributed by atoms with E-state index in [9.17, 15) is 4.79 Å². The van der Waals surface area contributed by atoms with Crippen LogP contribution < -0.4 is 5.32 Å². The molecule has 1 amide bonds. The van der Waals surface area contributed by atoms with E-state index in [0.29, 0.717) is 0 Å². The number of hydrogen-bond acceptors (Lipinski definition) is 5. The van der Waals surface area contributed by atoms with Gasteiger partial charge in [-0.15, -0.1) is 0 Å². The molecule has 1 aliphatic heterocycles. The van der Waals surface area contributed by atoms with Gasteiger partial charge in [-0.3, -0.25) is 9.48 Å². The van der Waals surface area contributed by atoms with Crippen LogP contribution in [0.25, 0.3) is 16.8 Å². The molecular weight excluding hydrogens is 342 g/mol. The first-order chi connectivity index (χ1) is 13.1. The average molecular weight is 365 g/mol. The zero-order valence-corrected chi connectivity index (χ0v) is 15.4. The normalized spacial score (nSPS) is 17.7. The fraction of sp³-hybridized carbons (Fsp3) is 0.368. The van der Waals surface area contributed by atoms with Crippen molar-refractivity contribution in [2.24, 2.45) is 7.05 Å². The molecule has 0 bridgehead atoms. The fourth-order valence-electron chi connectivity index (χ4n) is 3.51. The summed E-state index contributed by atoms with van der Waals surface area (Å²) in [5, 5.41) is 12.2. The number of aromatic nitrogens is 5. The van der Waals surface area contributed by atoms with Crippen molar-refractivity contribution >= 4 is 17.2 Å². The highest BCUT2D eigenvalue weighted by Gasteiger charge is 2.20. The van der Waals surface area contributed by atoms with Gasteiger partial charge in [0.05, 0.1) is 24.3 Å². The van der Waals surface area contributed by atoms with Crippen LogP contribution in [0.1, 0.15) is 19.3 Å². The van der Waals surface area contributed by atoms with Crippen LogP contribution in [0.15, 0.2) is 43.5 Å². The summed E-state index contributed by atoms with van der Waals surface area (Å²) < 4.78 is 3.59. The molecule has 0 aliphatic carbocycles. The Kier molecular flexibility index (Phi) is 4.62. The third-order valence-electron chi connectivity index (χ3n) is 4.95. The Bertz CT molecular complexity index is 974. The van der Waals surface area contributed by atoms with Crippen molar-refractivity contribution in [1.29, 1.82) is 0 Å². The number of nitrogens with zero attached hydrogens (tertiary/aromatic N) is 6. The fourth-order valence-corrected chi connectivity index (χ4v) is 3.51. The maximum absolute atomic E-state index is 11.9. The molecule has 1 N–H and O–H groups in total. The number of nitrogens with one attached hydrogen (secondary N) is 1. The minimum atomic E-state index is 0.00512. The molecule has 0 radical (unpaired) electrons. The molecule has 0 aromatic carbocycles. The SMILES string of the molecule is C=CC(=O)N1CCC[C@@H](Nc2nc(-c3cnn(C)c3)cn3nccc23)CC1. The van der Waals surface area contributed by atoms with Gasteiger partial charge in [0.1, 0.15) is 5.52 Å². The van der Waals surface area contributed by atoms with Gasteiger partial charge in [0.25, 0.3) is 0 Å². The van der Waals surface area contributed by atoms with Crippen molar-refractivity contribution in [3.8, 4) is 11.3 Å². The third kappa shape index (κ3) is 3.55. The Hall–Kier alpha value is -3.16. The summed E-state index contributed by atoms with van der Waals surface area (Å²) in [6.07, 6.45) is 11.6. The summed E-state index contributed by atoms with van der Waals surface area (Å²) in [5.74, 6) is 0.813. The number of carbonyl (C=O) groups is 1. The quantitative estimate of drug-likeness (QED) is 0.716. The Morgan fingerprint density at radius 1 is 1.30 bits per heavy atom. The summed E-state index contributed by atoms with van der Waals surface area (Å²) in [6, 6.07) is 2.20. The van der Waals surface area contributed by atoms with Crippen LogP contribution in [0.5, 0.6) is 0 Å². The van der Waals surface area contributed by atoms with E-state index in [4.69, 9.17) is 4.98 Å². The molecular formula is C19H23N7O. The lowest BCUT2D eigenvalue weighted by Gasteiger charge is -2.20. The van der Waals surface area contributed by atoms with Crippen molar-refractivity contribution in [3.05, 3.63) is 43.5 Å². The summed E-state index contributed by atoms with van der Waals surface area (Å²) >= 11 is 0. The highest BCUT2D eigenvalue weighted by Crippen LogP contribution is 2.24. The molecule has 27 heavy (non-hydrogen) atoms. The van der Waals surface area contributed by atoms with Crippen LogP contribution in [0.2, 0.25) is 0 Å². The highest BCUT2D eigenvalue weighted by molar-refractivity contribution is 5.87. The maximum Gasteiger partial charge on any atom is 0.245 e. The highest BCUT2D eigenvalue weighted by atomic mass is 16.2.